The highest BCUT2D eigenvalue weighted by Gasteiger charge is 2.23. The fourth-order valence-electron chi connectivity index (χ4n) is 1.54. The fourth-order valence-corrected chi connectivity index (χ4v) is 1.54. The van der Waals surface area contributed by atoms with Crippen LogP contribution in [0.4, 0.5) is 4.79 Å². The van der Waals surface area contributed by atoms with Crippen LogP contribution in [-0.2, 0) is 9.53 Å². The van der Waals surface area contributed by atoms with Crippen molar-refractivity contribution in [3.8, 4) is 0 Å². The maximum absolute atomic E-state index is 11.8. The highest BCUT2D eigenvalue weighted by molar-refractivity contribution is 5.82. The largest absolute Gasteiger partial charge is 0.480 e. The van der Waals surface area contributed by atoms with Crippen molar-refractivity contribution >= 4 is 12.0 Å². The van der Waals surface area contributed by atoms with Crippen LogP contribution in [-0.4, -0.2) is 54.9 Å². The van der Waals surface area contributed by atoms with Crippen LogP contribution in [0.25, 0.3) is 0 Å². The van der Waals surface area contributed by atoms with Crippen molar-refractivity contribution in [2.75, 3.05) is 26.8 Å². The Labute approximate surface area is 100 Å². The second kappa shape index (κ2) is 6.24. The van der Waals surface area contributed by atoms with Gasteiger partial charge >= 0.3 is 12.0 Å². The van der Waals surface area contributed by atoms with Crippen molar-refractivity contribution in [3.63, 3.8) is 0 Å². The summed E-state index contributed by atoms with van der Waals surface area (Å²) in [6.45, 7) is 3.12. The van der Waals surface area contributed by atoms with Gasteiger partial charge in [0.25, 0.3) is 0 Å². The van der Waals surface area contributed by atoms with Crippen molar-refractivity contribution < 1.29 is 19.4 Å². The van der Waals surface area contributed by atoms with Crippen LogP contribution in [0.1, 0.15) is 13.3 Å². The Kier molecular flexibility index (Phi) is 4.96. The van der Waals surface area contributed by atoms with Crippen molar-refractivity contribution in [3.05, 3.63) is 11.6 Å². The summed E-state index contributed by atoms with van der Waals surface area (Å²) in [5.74, 6) is -1.09. The summed E-state index contributed by atoms with van der Waals surface area (Å²) in [7, 11) is 1.40. The number of carboxylic acids is 1. The summed E-state index contributed by atoms with van der Waals surface area (Å²) in [6, 6.07) is -1.36. The molecule has 1 rings (SSSR count). The number of nitrogens with one attached hydrogen (secondary N) is 1. The molecule has 1 aliphatic rings. The number of ether oxygens (including phenoxy) is 1. The molecule has 0 saturated carbocycles. The van der Waals surface area contributed by atoms with E-state index in [0.29, 0.717) is 13.1 Å². The van der Waals surface area contributed by atoms with Crippen LogP contribution >= 0.6 is 0 Å². The molecule has 1 atom stereocenters. The third kappa shape index (κ3) is 4.07. The molecule has 0 bridgehead atoms. The molecule has 2 amide bonds. The van der Waals surface area contributed by atoms with Gasteiger partial charge in [0.2, 0.25) is 0 Å². The van der Waals surface area contributed by atoms with Crippen LogP contribution in [0.15, 0.2) is 11.6 Å². The van der Waals surface area contributed by atoms with Crippen LogP contribution in [0.5, 0.6) is 0 Å². The standard InChI is InChI=1S/C11H18N2O4/c1-8-3-5-13(6-4-8)11(16)12-9(7-17-2)10(14)15/h3,9H,4-7H2,1-2H3,(H,12,16)(H,14,15). The Morgan fingerprint density at radius 2 is 2.35 bits per heavy atom. The van der Waals surface area contributed by atoms with Gasteiger partial charge in [-0.2, -0.15) is 0 Å². The maximum Gasteiger partial charge on any atom is 0.328 e. The molecule has 1 heterocycles. The van der Waals surface area contributed by atoms with Crippen LogP contribution in [0.3, 0.4) is 0 Å². The van der Waals surface area contributed by atoms with Crippen molar-refractivity contribution in [2.24, 2.45) is 0 Å². The molecule has 2 N–H and O–H groups in total. The number of carbonyl (C=O) groups excluding carboxylic acids is 1. The van der Waals surface area contributed by atoms with Crippen LogP contribution in [0.2, 0.25) is 0 Å². The van der Waals surface area contributed by atoms with E-state index in [-0.39, 0.29) is 12.6 Å². The normalized spacial score (nSPS) is 17.3. The zero-order chi connectivity index (χ0) is 12.8. The highest BCUT2D eigenvalue weighted by Crippen LogP contribution is 2.09. The van der Waals surface area contributed by atoms with E-state index in [1.165, 1.54) is 12.7 Å². The van der Waals surface area contributed by atoms with Crippen molar-refractivity contribution in [1.82, 2.24) is 10.2 Å². The first-order chi connectivity index (χ1) is 8.04. The monoisotopic (exact) mass is 242 g/mol. The number of urea groups is 1. The second-order valence-electron chi connectivity index (χ2n) is 4.04. The minimum Gasteiger partial charge on any atom is -0.480 e. The lowest BCUT2D eigenvalue weighted by molar-refractivity contribution is -0.140. The molecule has 0 aliphatic carbocycles. The highest BCUT2D eigenvalue weighted by atomic mass is 16.5. The molecule has 0 aromatic heterocycles. The molecule has 0 spiro atoms. The smallest absolute Gasteiger partial charge is 0.328 e. The summed E-state index contributed by atoms with van der Waals surface area (Å²) < 4.78 is 4.74. The number of aliphatic carboxylic acids is 1. The first-order valence-electron chi connectivity index (χ1n) is 5.47. The summed E-state index contributed by atoms with van der Waals surface area (Å²) in [4.78, 5) is 24.2. The summed E-state index contributed by atoms with van der Waals surface area (Å²) in [5, 5.41) is 11.3. The van der Waals surface area contributed by atoms with Crippen LogP contribution in [0, 0.1) is 0 Å². The first kappa shape index (κ1) is 13.5. The lowest BCUT2D eigenvalue weighted by atomic mass is 10.1. The molecular formula is C11H18N2O4. The maximum atomic E-state index is 11.8. The minimum atomic E-state index is -1.09. The van der Waals surface area contributed by atoms with Gasteiger partial charge in [0.15, 0.2) is 6.04 Å². The van der Waals surface area contributed by atoms with E-state index in [9.17, 15) is 9.59 Å². The molecule has 0 radical (unpaired) electrons. The number of methoxy groups -OCH3 is 1. The molecule has 0 aromatic carbocycles. The lowest BCUT2D eigenvalue weighted by Gasteiger charge is -2.27. The number of hydrogen-bond acceptors (Lipinski definition) is 3. The van der Waals surface area contributed by atoms with Gasteiger partial charge in [-0.05, 0) is 13.3 Å². The van der Waals surface area contributed by atoms with E-state index in [1.807, 2.05) is 13.0 Å². The molecule has 6 nitrogen and oxygen atoms in total. The molecule has 0 saturated heterocycles. The van der Waals surface area contributed by atoms with E-state index in [1.54, 1.807) is 4.90 Å². The van der Waals surface area contributed by atoms with E-state index < -0.39 is 12.0 Å². The third-order valence-corrected chi connectivity index (χ3v) is 2.65. The van der Waals surface area contributed by atoms with Gasteiger partial charge in [-0.1, -0.05) is 11.6 Å². The van der Waals surface area contributed by atoms with Gasteiger partial charge in [0.1, 0.15) is 0 Å². The Morgan fingerprint density at radius 3 is 2.82 bits per heavy atom. The first-order valence-corrected chi connectivity index (χ1v) is 5.47. The molecular weight excluding hydrogens is 224 g/mol. The lowest BCUT2D eigenvalue weighted by Crippen LogP contribution is -2.50. The number of carbonyl (C=O) groups is 2. The summed E-state index contributed by atoms with van der Waals surface area (Å²) in [6.07, 6.45) is 2.80. The molecule has 1 unspecified atom stereocenters. The summed E-state index contributed by atoms with van der Waals surface area (Å²) >= 11 is 0. The molecule has 0 fully saturated rings. The quantitative estimate of drug-likeness (QED) is 0.701. The van der Waals surface area contributed by atoms with E-state index >= 15 is 0 Å². The molecule has 1 aliphatic heterocycles. The number of nitrogens with zero attached hydrogens (tertiary/aromatic N) is 1. The van der Waals surface area contributed by atoms with Gasteiger partial charge in [-0.25, -0.2) is 9.59 Å². The third-order valence-electron chi connectivity index (χ3n) is 2.65. The average Bonchev–Trinajstić information content (AvgIpc) is 2.29. The second-order valence-corrected chi connectivity index (χ2v) is 4.04. The predicted molar refractivity (Wildman–Crippen MR) is 61.8 cm³/mol. The minimum absolute atomic E-state index is 0.0379. The SMILES string of the molecule is COCC(NC(=O)N1CC=C(C)CC1)C(=O)O. The topological polar surface area (TPSA) is 78.9 Å². The molecule has 17 heavy (non-hydrogen) atoms. The van der Waals surface area contributed by atoms with E-state index in [4.69, 9.17) is 9.84 Å². The number of hydrogen-bond donors (Lipinski definition) is 2. The number of rotatable bonds is 4. The Bertz CT molecular complexity index is 327. The summed E-state index contributed by atoms with van der Waals surface area (Å²) in [5.41, 5.74) is 1.25. The average molecular weight is 242 g/mol. The van der Waals surface area contributed by atoms with E-state index in [2.05, 4.69) is 5.32 Å². The van der Waals surface area contributed by atoms with Crippen molar-refractivity contribution in [2.45, 2.75) is 19.4 Å². The predicted octanol–water partition coefficient (Wildman–Crippen LogP) is 0.448. The van der Waals surface area contributed by atoms with Gasteiger partial charge in [-0.15, -0.1) is 0 Å². The van der Waals surface area contributed by atoms with Gasteiger partial charge in [0.05, 0.1) is 6.61 Å². The van der Waals surface area contributed by atoms with Gasteiger partial charge < -0.3 is 20.1 Å². The fraction of sp³-hybridized carbons (Fsp3) is 0.636. The molecule has 96 valence electrons. The zero-order valence-corrected chi connectivity index (χ0v) is 10.1. The Hall–Kier alpha value is -1.56. The molecule has 6 heteroatoms. The van der Waals surface area contributed by atoms with Crippen LogP contribution < -0.4 is 5.32 Å². The van der Waals surface area contributed by atoms with Crippen molar-refractivity contribution in [1.29, 1.82) is 0 Å². The zero-order valence-electron chi connectivity index (χ0n) is 10.1. The van der Waals surface area contributed by atoms with E-state index in [0.717, 1.165) is 6.42 Å². The number of carboxylic acid groups (broad SMARTS) is 1. The van der Waals surface area contributed by atoms with Gasteiger partial charge in [-0.3, -0.25) is 0 Å². The number of amides is 2. The molecule has 0 aromatic rings. The van der Waals surface area contributed by atoms with Gasteiger partial charge in [0, 0.05) is 20.2 Å². The Balaban J connectivity index is 2.50. The Morgan fingerprint density at radius 1 is 1.65 bits per heavy atom.